The SMILES string of the molecule is CCN(CC)S(=O)(=O)c1ccc(N2CCCC2)c(C(=O)OCC(=O)Nc2ccccc2F)c1. The number of sulfonamides is 1. The normalized spacial score (nSPS) is 13.9. The number of ether oxygens (including phenoxy) is 1. The number of amides is 1. The molecular formula is C23H28FN3O5S. The molecule has 33 heavy (non-hydrogen) atoms. The van der Waals surface area contributed by atoms with E-state index in [4.69, 9.17) is 4.74 Å². The van der Waals surface area contributed by atoms with Crippen molar-refractivity contribution in [2.75, 3.05) is 43.0 Å². The van der Waals surface area contributed by atoms with Crippen molar-refractivity contribution in [1.29, 1.82) is 0 Å². The van der Waals surface area contributed by atoms with Gasteiger partial charge in [-0.3, -0.25) is 4.79 Å². The van der Waals surface area contributed by atoms with Crippen molar-refractivity contribution in [3.8, 4) is 0 Å². The van der Waals surface area contributed by atoms with Gasteiger partial charge in [-0.15, -0.1) is 0 Å². The molecule has 2 aromatic rings. The number of hydrogen-bond acceptors (Lipinski definition) is 6. The Balaban J connectivity index is 1.83. The lowest BCUT2D eigenvalue weighted by molar-refractivity contribution is -0.119. The largest absolute Gasteiger partial charge is 0.452 e. The number of carbonyl (C=O) groups excluding carboxylic acids is 2. The molecule has 8 nitrogen and oxygen atoms in total. The molecule has 0 spiro atoms. The number of rotatable bonds is 9. The summed E-state index contributed by atoms with van der Waals surface area (Å²) in [6.45, 7) is 4.89. The summed E-state index contributed by atoms with van der Waals surface area (Å²) >= 11 is 0. The molecule has 0 saturated carbocycles. The van der Waals surface area contributed by atoms with Gasteiger partial charge in [0.1, 0.15) is 5.82 Å². The summed E-state index contributed by atoms with van der Waals surface area (Å²) in [5.74, 6) is -2.14. The second-order valence-electron chi connectivity index (χ2n) is 7.57. The number of carbonyl (C=O) groups is 2. The van der Waals surface area contributed by atoms with Crippen molar-refractivity contribution in [2.24, 2.45) is 0 Å². The monoisotopic (exact) mass is 477 g/mol. The molecule has 0 atom stereocenters. The predicted octanol–water partition coefficient (Wildman–Crippen LogP) is 3.25. The minimum Gasteiger partial charge on any atom is -0.452 e. The number of nitrogens with zero attached hydrogens (tertiary/aromatic N) is 2. The maximum absolute atomic E-state index is 13.7. The van der Waals surface area contributed by atoms with E-state index in [9.17, 15) is 22.4 Å². The average molecular weight is 478 g/mol. The third-order valence-electron chi connectivity index (χ3n) is 5.46. The Morgan fingerprint density at radius 1 is 1.09 bits per heavy atom. The molecule has 2 aromatic carbocycles. The number of para-hydroxylation sites is 1. The Kier molecular flexibility index (Phi) is 8.04. The van der Waals surface area contributed by atoms with E-state index in [1.807, 2.05) is 4.90 Å². The van der Waals surface area contributed by atoms with E-state index < -0.39 is 34.3 Å². The summed E-state index contributed by atoms with van der Waals surface area (Å²) in [5, 5.41) is 2.35. The molecule has 3 rings (SSSR count). The van der Waals surface area contributed by atoms with Crippen LogP contribution in [0.2, 0.25) is 0 Å². The molecule has 0 bridgehead atoms. The first kappa shape index (κ1) is 24.7. The van der Waals surface area contributed by atoms with Crippen LogP contribution in [0.25, 0.3) is 0 Å². The number of esters is 1. The lowest BCUT2D eigenvalue weighted by Crippen LogP contribution is -2.31. The number of anilines is 2. The zero-order chi connectivity index (χ0) is 24.0. The number of benzene rings is 2. The molecule has 1 fully saturated rings. The fourth-order valence-electron chi connectivity index (χ4n) is 3.74. The molecule has 1 heterocycles. The fourth-order valence-corrected chi connectivity index (χ4v) is 5.23. The van der Waals surface area contributed by atoms with E-state index in [1.165, 1.54) is 34.6 Å². The molecule has 0 radical (unpaired) electrons. The van der Waals surface area contributed by atoms with Crippen LogP contribution >= 0.6 is 0 Å². The van der Waals surface area contributed by atoms with Crippen molar-refractivity contribution < 1.29 is 27.1 Å². The number of halogens is 1. The number of nitrogens with one attached hydrogen (secondary N) is 1. The molecule has 178 valence electrons. The first-order chi connectivity index (χ1) is 15.8. The van der Waals surface area contributed by atoms with Crippen LogP contribution in [-0.4, -0.2) is 57.4 Å². The van der Waals surface area contributed by atoms with Gasteiger partial charge in [-0.2, -0.15) is 4.31 Å². The highest BCUT2D eigenvalue weighted by atomic mass is 32.2. The third-order valence-corrected chi connectivity index (χ3v) is 7.51. The van der Waals surface area contributed by atoms with Crippen LogP contribution in [0.3, 0.4) is 0 Å². The fraction of sp³-hybridized carbons (Fsp3) is 0.391. The van der Waals surface area contributed by atoms with Crippen molar-refractivity contribution in [2.45, 2.75) is 31.6 Å². The van der Waals surface area contributed by atoms with Crippen LogP contribution < -0.4 is 10.2 Å². The summed E-state index contributed by atoms with van der Waals surface area (Å²) < 4.78 is 46.1. The first-order valence-electron chi connectivity index (χ1n) is 10.9. The highest BCUT2D eigenvalue weighted by Crippen LogP contribution is 2.29. The summed E-state index contributed by atoms with van der Waals surface area (Å²) in [4.78, 5) is 27.1. The summed E-state index contributed by atoms with van der Waals surface area (Å²) in [7, 11) is -3.79. The van der Waals surface area contributed by atoms with Gasteiger partial charge in [-0.25, -0.2) is 17.6 Å². The average Bonchev–Trinajstić information content (AvgIpc) is 3.34. The molecule has 10 heteroatoms. The summed E-state index contributed by atoms with van der Waals surface area (Å²) in [5.41, 5.74) is 0.609. The molecular weight excluding hydrogens is 449 g/mol. The van der Waals surface area contributed by atoms with E-state index >= 15 is 0 Å². The van der Waals surface area contributed by atoms with Gasteiger partial charge < -0.3 is 15.0 Å². The lowest BCUT2D eigenvalue weighted by atomic mass is 10.1. The quantitative estimate of drug-likeness (QED) is 0.557. The van der Waals surface area contributed by atoms with Gasteiger partial charge in [0, 0.05) is 26.2 Å². The van der Waals surface area contributed by atoms with Crippen molar-refractivity contribution in [3.63, 3.8) is 0 Å². The molecule has 1 saturated heterocycles. The predicted molar refractivity (Wildman–Crippen MR) is 123 cm³/mol. The van der Waals surface area contributed by atoms with Crippen molar-refractivity contribution in [1.82, 2.24) is 4.31 Å². The Morgan fingerprint density at radius 3 is 2.39 bits per heavy atom. The van der Waals surface area contributed by atoms with E-state index in [-0.39, 0.29) is 16.1 Å². The van der Waals surface area contributed by atoms with E-state index in [0.717, 1.165) is 25.9 Å². The highest BCUT2D eigenvalue weighted by Gasteiger charge is 2.27. The maximum atomic E-state index is 13.7. The Bertz CT molecular complexity index is 1110. The van der Waals surface area contributed by atoms with E-state index in [0.29, 0.717) is 18.8 Å². The second kappa shape index (κ2) is 10.8. The topological polar surface area (TPSA) is 96.0 Å². The van der Waals surface area contributed by atoms with Crippen molar-refractivity contribution in [3.05, 3.63) is 53.8 Å². The Hall–Kier alpha value is -2.98. The minimum absolute atomic E-state index is 0.0168. The van der Waals surface area contributed by atoms with Crippen LogP contribution in [0.5, 0.6) is 0 Å². The van der Waals surface area contributed by atoms with Crippen molar-refractivity contribution >= 4 is 33.3 Å². The zero-order valence-electron chi connectivity index (χ0n) is 18.7. The van der Waals surface area contributed by atoms with E-state index in [1.54, 1.807) is 26.0 Å². The van der Waals surface area contributed by atoms with E-state index in [2.05, 4.69) is 5.32 Å². The van der Waals surface area contributed by atoms with Gasteiger partial charge in [0.15, 0.2) is 6.61 Å². The molecule has 0 unspecified atom stereocenters. The van der Waals surface area contributed by atoms with Crippen LogP contribution in [0, 0.1) is 5.82 Å². The van der Waals surface area contributed by atoms with Crippen LogP contribution in [0.15, 0.2) is 47.4 Å². The Morgan fingerprint density at radius 2 is 1.76 bits per heavy atom. The van der Waals surface area contributed by atoms with Crippen LogP contribution in [0.4, 0.5) is 15.8 Å². The zero-order valence-corrected chi connectivity index (χ0v) is 19.5. The number of hydrogen-bond donors (Lipinski definition) is 1. The standard InChI is InChI=1S/C23H28FN3O5S/c1-3-27(4-2)33(30,31)17-11-12-21(26-13-7-8-14-26)18(15-17)23(29)32-16-22(28)25-20-10-6-5-9-19(20)24/h5-6,9-12,15H,3-4,7-8,13-14,16H2,1-2H3,(H,25,28). The third kappa shape index (κ3) is 5.69. The molecule has 1 aliphatic heterocycles. The molecule has 0 aliphatic carbocycles. The summed E-state index contributed by atoms with van der Waals surface area (Å²) in [6.07, 6.45) is 1.91. The van der Waals surface area contributed by atoms with Gasteiger partial charge in [-0.1, -0.05) is 26.0 Å². The summed E-state index contributed by atoms with van der Waals surface area (Å²) in [6, 6.07) is 10.0. The highest BCUT2D eigenvalue weighted by molar-refractivity contribution is 7.89. The van der Waals surface area contributed by atoms with Gasteiger partial charge in [0.2, 0.25) is 10.0 Å². The van der Waals surface area contributed by atoms with Gasteiger partial charge >= 0.3 is 5.97 Å². The molecule has 1 amide bonds. The Labute approximate surface area is 193 Å². The lowest BCUT2D eigenvalue weighted by Gasteiger charge is -2.23. The van der Waals surface area contributed by atoms with Crippen LogP contribution in [0.1, 0.15) is 37.0 Å². The first-order valence-corrected chi connectivity index (χ1v) is 12.3. The smallest absolute Gasteiger partial charge is 0.340 e. The minimum atomic E-state index is -3.79. The van der Waals surface area contributed by atoms with Gasteiger partial charge in [-0.05, 0) is 43.2 Å². The molecule has 0 aromatic heterocycles. The van der Waals surface area contributed by atoms with Gasteiger partial charge in [0.25, 0.3) is 5.91 Å². The van der Waals surface area contributed by atoms with Crippen LogP contribution in [-0.2, 0) is 19.6 Å². The maximum Gasteiger partial charge on any atom is 0.340 e. The second-order valence-corrected chi connectivity index (χ2v) is 9.50. The molecule has 1 aliphatic rings. The van der Waals surface area contributed by atoms with Gasteiger partial charge in [0.05, 0.1) is 21.8 Å². The molecule has 1 N–H and O–H groups in total.